The molecule has 0 fully saturated rings. The molecule has 5 nitrogen and oxygen atoms in total. The van der Waals surface area contributed by atoms with E-state index in [2.05, 4.69) is 14.7 Å². The molecule has 1 aromatic carbocycles. The Kier molecular flexibility index (Phi) is 3.57. The van der Waals surface area contributed by atoms with Crippen molar-refractivity contribution in [2.75, 3.05) is 4.72 Å². The average molecular weight is 283 g/mol. The normalized spacial score (nSPS) is 11.5. The first-order valence-electron chi connectivity index (χ1n) is 5.75. The summed E-state index contributed by atoms with van der Waals surface area (Å²) in [6, 6.07) is 4.03. The molecule has 0 bridgehead atoms. The van der Waals surface area contributed by atoms with Crippen molar-refractivity contribution in [2.24, 2.45) is 0 Å². The van der Waals surface area contributed by atoms with Crippen LogP contribution in [0, 0.1) is 12.7 Å². The van der Waals surface area contributed by atoms with Crippen molar-refractivity contribution in [3.05, 3.63) is 41.6 Å². The Balaban J connectivity index is 2.28. The Morgan fingerprint density at radius 2 is 2.16 bits per heavy atom. The van der Waals surface area contributed by atoms with Gasteiger partial charge in [0.25, 0.3) is 10.0 Å². The van der Waals surface area contributed by atoms with E-state index in [0.717, 1.165) is 0 Å². The molecule has 2 aromatic rings. The maximum atomic E-state index is 13.1. The predicted molar refractivity (Wildman–Crippen MR) is 69.9 cm³/mol. The number of hydrogen-bond acceptors (Lipinski definition) is 3. The Morgan fingerprint density at radius 3 is 2.74 bits per heavy atom. The highest BCUT2D eigenvalue weighted by Gasteiger charge is 2.17. The monoisotopic (exact) mass is 283 g/mol. The number of nitrogens with one attached hydrogen (secondary N) is 2. The number of aryl methyl sites for hydroxylation is 2. The van der Waals surface area contributed by atoms with Crippen molar-refractivity contribution in [1.82, 2.24) is 9.97 Å². The number of sulfonamides is 1. The second kappa shape index (κ2) is 5.00. The molecular weight excluding hydrogens is 269 g/mol. The molecule has 0 spiro atoms. The lowest BCUT2D eigenvalue weighted by molar-refractivity contribution is 0.597. The third-order valence-electron chi connectivity index (χ3n) is 2.64. The summed E-state index contributed by atoms with van der Waals surface area (Å²) >= 11 is 0. The summed E-state index contributed by atoms with van der Waals surface area (Å²) in [5.41, 5.74) is 0.686. The summed E-state index contributed by atoms with van der Waals surface area (Å²) in [6.45, 7) is 3.44. The first kappa shape index (κ1) is 13.5. The quantitative estimate of drug-likeness (QED) is 0.903. The molecule has 0 saturated carbocycles. The minimum atomic E-state index is -3.72. The van der Waals surface area contributed by atoms with E-state index >= 15 is 0 Å². The van der Waals surface area contributed by atoms with Crippen LogP contribution in [0.3, 0.4) is 0 Å². The first-order valence-corrected chi connectivity index (χ1v) is 7.23. The van der Waals surface area contributed by atoms with E-state index in [0.29, 0.717) is 23.5 Å². The molecule has 0 radical (unpaired) electrons. The van der Waals surface area contributed by atoms with Gasteiger partial charge in [0.1, 0.15) is 11.6 Å². The van der Waals surface area contributed by atoms with Crippen molar-refractivity contribution in [1.29, 1.82) is 0 Å². The summed E-state index contributed by atoms with van der Waals surface area (Å²) in [5, 5.41) is -0.00803. The summed E-state index contributed by atoms with van der Waals surface area (Å²) < 4.78 is 39.6. The first-order chi connectivity index (χ1) is 8.92. The summed E-state index contributed by atoms with van der Waals surface area (Å²) in [4.78, 5) is 6.65. The van der Waals surface area contributed by atoms with E-state index in [1.165, 1.54) is 24.4 Å². The number of rotatable bonds is 4. The van der Waals surface area contributed by atoms with Gasteiger partial charge in [-0.05, 0) is 30.7 Å². The fourth-order valence-corrected chi connectivity index (χ4v) is 2.57. The molecule has 0 aliphatic carbocycles. The topological polar surface area (TPSA) is 74.8 Å². The van der Waals surface area contributed by atoms with Gasteiger partial charge in [-0.15, -0.1) is 0 Å². The summed E-state index contributed by atoms with van der Waals surface area (Å²) in [5.74, 6) is 0.216. The number of hydrogen-bond donors (Lipinski definition) is 2. The van der Waals surface area contributed by atoms with Gasteiger partial charge in [0, 0.05) is 12.1 Å². The third-order valence-corrected chi connectivity index (χ3v) is 3.93. The van der Waals surface area contributed by atoms with E-state index in [1.807, 2.05) is 6.92 Å². The minimum absolute atomic E-state index is 0.00803. The molecule has 102 valence electrons. The molecule has 7 heteroatoms. The van der Waals surface area contributed by atoms with Crippen LogP contribution < -0.4 is 4.72 Å². The van der Waals surface area contributed by atoms with Gasteiger partial charge < -0.3 is 4.98 Å². The van der Waals surface area contributed by atoms with Gasteiger partial charge in [0.05, 0.1) is 6.20 Å². The number of anilines is 1. The molecule has 0 saturated heterocycles. The maximum Gasteiger partial charge on any atom is 0.278 e. The smallest absolute Gasteiger partial charge is 0.278 e. The lowest BCUT2D eigenvalue weighted by Gasteiger charge is -2.07. The Bertz CT molecular complexity index is 695. The predicted octanol–water partition coefficient (Wildman–Crippen LogP) is 2.22. The van der Waals surface area contributed by atoms with Crippen molar-refractivity contribution in [3.8, 4) is 0 Å². The SMILES string of the molecule is CCc1ncc(S(=O)(=O)Nc2ccc(F)c(C)c2)[nH]1. The number of H-pyrrole nitrogens is 1. The van der Waals surface area contributed by atoms with Gasteiger partial charge >= 0.3 is 0 Å². The molecule has 0 unspecified atom stereocenters. The molecule has 0 atom stereocenters. The second-order valence-electron chi connectivity index (χ2n) is 4.12. The van der Waals surface area contributed by atoms with E-state index in [-0.39, 0.29) is 10.8 Å². The highest BCUT2D eigenvalue weighted by molar-refractivity contribution is 7.92. The Hall–Kier alpha value is -1.89. The lowest BCUT2D eigenvalue weighted by Crippen LogP contribution is -2.13. The van der Waals surface area contributed by atoms with E-state index in [4.69, 9.17) is 0 Å². The zero-order valence-electron chi connectivity index (χ0n) is 10.6. The molecular formula is C12H14FN3O2S. The Labute approximate surface area is 110 Å². The average Bonchev–Trinajstić information content (AvgIpc) is 2.83. The molecule has 1 aromatic heterocycles. The summed E-state index contributed by atoms with van der Waals surface area (Å²) in [7, 11) is -3.72. The molecule has 0 aliphatic heterocycles. The van der Waals surface area contributed by atoms with Crippen LogP contribution in [-0.2, 0) is 16.4 Å². The van der Waals surface area contributed by atoms with E-state index in [1.54, 1.807) is 6.92 Å². The molecule has 2 N–H and O–H groups in total. The fraction of sp³-hybridized carbons (Fsp3) is 0.250. The van der Waals surface area contributed by atoms with Gasteiger partial charge in [-0.3, -0.25) is 4.72 Å². The minimum Gasteiger partial charge on any atom is -0.332 e. The van der Waals surface area contributed by atoms with E-state index in [9.17, 15) is 12.8 Å². The van der Waals surface area contributed by atoms with Crippen LogP contribution in [0.4, 0.5) is 10.1 Å². The maximum absolute atomic E-state index is 13.1. The standard InChI is InChI=1S/C12H14FN3O2S/c1-3-11-14-7-12(15-11)19(17,18)16-9-4-5-10(13)8(2)6-9/h4-7,16H,3H2,1-2H3,(H,14,15). The molecule has 1 heterocycles. The number of benzene rings is 1. The molecule has 0 aliphatic rings. The van der Waals surface area contributed by atoms with Crippen molar-refractivity contribution < 1.29 is 12.8 Å². The third kappa shape index (κ3) is 2.93. The van der Waals surface area contributed by atoms with Crippen LogP contribution in [-0.4, -0.2) is 18.4 Å². The van der Waals surface area contributed by atoms with Gasteiger partial charge in [0.15, 0.2) is 5.03 Å². The van der Waals surface area contributed by atoms with Crippen LogP contribution in [0.15, 0.2) is 29.4 Å². The highest BCUT2D eigenvalue weighted by atomic mass is 32.2. The van der Waals surface area contributed by atoms with Crippen LogP contribution in [0.1, 0.15) is 18.3 Å². The van der Waals surface area contributed by atoms with Gasteiger partial charge in [0.2, 0.25) is 0 Å². The number of halogens is 1. The van der Waals surface area contributed by atoms with Crippen LogP contribution in [0.25, 0.3) is 0 Å². The van der Waals surface area contributed by atoms with Gasteiger partial charge in [-0.2, -0.15) is 8.42 Å². The number of imidazole rings is 1. The Morgan fingerprint density at radius 1 is 1.42 bits per heavy atom. The van der Waals surface area contributed by atoms with Crippen molar-refractivity contribution >= 4 is 15.7 Å². The number of aromatic nitrogens is 2. The number of nitrogens with zero attached hydrogens (tertiary/aromatic N) is 1. The van der Waals surface area contributed by atoms with E-state index < -0.39 is 10.0 Å². The summed E-state index contributed by atoms with van der Waals surface area (Å²) in [6.07, 6.45) is 1.88. The van der Waals surface area contributed by atoms with Crippen molar-refractivity contribution in [2.45, 2.75) is 25.3 Å². The van der Waals surface area contributed by atoms with Gasteiger partial charge in [-0.1, -0.05) is 6.92 Å². The second-order valence-corrected chi connectivity index (χ2v) is 5.77. The molecule has 0 amide bonds. The highest BCUT2D eigenvalue weighted by Crippen LogP contribution is 2.17. The van der Waals surface area contributed by atoms with Crippen LogP contribution in [0.2, 0.25) is 0 Å². The zero-order chi connectivity index (χ0) is 14.0. The largest absolute Gasteiger partial charge is 0.332 e. The lowest BCUT2D eigenvalue weighted by atomic mass is 10.2. The molecule has 19 heavy (non-hydrogen) atoms. The van der Waals surface area contributed by atoms with Crippen molar-refractivity contribution in [3.63, 3.8) is 0 Å². The fourth-order valence-electron chi connectivity index (χ4n) is 1.58. The molecule has 2 rings (SSSR count). The van der Waals surface area contributed by atoms with Gasteiger partial charge in [-0.25, -0.2) is 9.37 Å². The van der Waals surface area contributed by atoms with Crippen LogP contribution in [0.5, 0.6) is 0 Å². The van der Waals surface area contributed by atoms with Crippen LogP contribution >= 0.6 is 0 Å². The number of aromatic amines is 1. The zero-order valence-corrected chi connectivity index (χ0v) is 11.4.